The Labute approximate surface area is 113 Å². The van der Waals surface area contributed by atoms with Crippen LogP contribution >= 0.6 is 0 Å². The first-order valence-electron chi connectivity index (χ1n) is 6.04. The number of benzene rings is 1. The third kappa shape index (κ3) is 3.43. The van der Waals surface area contributed by atoms with Gasteiger partial charge in [-0.05, 0) is 37.1 Å². The van der Waals surface area contributed by atoms with E-state index in [4.69, 9.17) is 5.11 Å². The molecule has 7 heteroatoms. The van der Waals surface area contributed by atoms with Crippen molar-refractivity contribution in [1.82, 2.24) is 5.32 Å². The molecule has 0 bridgehead atoms. The Morgan fingerprint density at radius 3 is 2.35 bits per heavy atom. The second-order valence-corrected chi connectivity index (χ2v) is 4.58. The third-order valence-electron chi connectivity index (χ3n) is 3.16. The summed E-state index contributed by atoms with van der Waals surface area (Å²) in [4.78, 5) is 22.4. The van der Waals surface area contributed by atoms with Crippen LogP contribution in [0, 0.1) is 5.92 Å². The van der Waals surface area contributed by atoms with Crippen molar-refractivity contribution in [2.45, 2.75) is 25.5 Å². The van der Waals surface area contributed by atoms with Gasteiger partial charge in [-0.3, -0.25) is 9.59 Å². The topological polar surface area (TPSA) is 75.6 Å². The largest absolute Gasteiger partial charge is 0.481 e. The lowest BCUT2D eigenvalue weighted by Gasteiger charge is -2.32. The highest BCUT2D eigenvalue weighted by Gasteiger charge is 2.35. The Kier molecular flexibility index (Phi) is 4.16. The van der Waals surface area contributed by atoms with Gasteiger partial charge in [-0.25, -0.2) is 0 Å². The average Bonchev–Trinajstić information content (AvgIpc) is 2.32. The fourth-order valence-corrected chi connectivity index (χ4v) is 1.99. The Bertz CT molecular complexity index is 498. The fourth-order valence-electron chi connectivity index (χ4n) is 1.99. The zero-order valence-corrected chi connectivity index (χ0v) is 10.4. The first kappa shape index (κ1) is 14.2. The number of carbonyl (C=O) groups excluding carboxylic acids is 1. The van der Waals surface area contributed by atoms with Gasteiger partial charge in [-0.15, -0.1) is 0 Å². The number of carbonyl (C=O) groups is 2. The average molecular weight is 285 g/mol. The van der Waals surface area contributed by atoms with Gasteiger partial charge in [-0.2, -0.15) is 8.78 Å². The van der Waals surface area contributed by atoms with E-state index in [-0.39, 0.29) is 17.7 Å². The van der Waals surface area contributed by atoms with E-state index in [2.05, 4.69) is 10.1 Å². The van der Waals surface area contributed by atoms with Crippen molar-refractivity contribution in [2.24, 2.45) is 5.92 Å². The molecule has 1 aromatic rings. The summed E-state index contributed by atoms with van der Waals surface area (Å²) in [7, 11) is 0. The predicted molar refractivity (Wildman–Crippen MR) is 64.7 cm³/mol. The second-order valence-electron chi connectivity index (χ2n) is 4.58. The molecule has 1 aliphatic carbocycles. The van der Waals surface area contributed by atoms with Gasteiger partial charge >= 0.3 is 12.6 Å². The van der Waals surface area contributed by atoms with Crippen LogP contribution < -0.4 is 10.1 Å². The summed E-state index contributed by atoms with van der Waals surface area (Å²) >= 11 is 0. The van der Waals surface area contributed by atoms with Crippen LogP contribution in [0.3, 0.4) is 0 Å². The van der Waals surface area contributed by atoms with Gasteiger partial charge in [-0.1, -0.05) is 0 Å². The summed E-state index contributed by atoms with van der Waals surface area (Å²) in [6, 6.07) is 5.16. The van der Waals surface area contributed by atoms with Crippen molar-refractivity contribution >= 4 is 11.9 Å². The van der Waals surface area contributed by atoms with Gasteiger partial charge in [0.25, 0.3) is 5.91 Å². The summed E-state index contributed by atoms with van der Waals surface area (Å²) in [5.74, 6) is -1.64. The molecular weight excluding hydrogens is 272 g/mol. The monoisotopic (exact) mass is 285 g/mol. The van der Waals surface area contributed by atoms with Crippen molar-refractivity contribution in [1.29, 1.82) is 0 Å². The van der Waals surface area contributed by atoms with Crippen LogP contribution in [-0.4, -0.2) is 29.6 Å². The summed E-state index contributed by atoms with van der Waals surface area (Å²) in [5.41, 5.74) is 0.311. The maximum Gasteiger partial charge on any atom is 0.387 e. The lowest BCUT2D eigenvalue weighted by atomic mass is 9.80. The lowest BCUT2D eigenvalue weighted by Crippen LogP contribution is -2.46. The maximum absolute atomic E-state index is 12.0. The van der Waals surface area contributed by atoms with E-state index in [1.807, 2.05) is 0 Å². The van der Waals surface area contributed by atoms with E-state index in [0.29, 0.717) is 18.4 Å². The van der Waals surface area contributed by atoms with Gasteiger partial charge in [0.15, 0.2) is 0 Å². The van der Waals surface area contributed by atoms with Gasteiger partial charge in [0.2, 0.25) is 0 Å². The molecule has 0 radical (unpaired) electrons. The van der Waals surface area contributed by atoms with E-state index in [1.165, 1.54) is 24.3 Å². The van der Waals surface area contributed by atoms with Crippen LogP contribution in [0.4, 0.5) is 8.78 Å². The van der Waals surface area contributed by atoms with Crippen LogP contribution in [0.1, 0.15) is 23.2 Å². The molecule has 0 heterocycles. The minimum absolute atomic E-state index is 0.0221. The molecule has 108 valence electrons. The summed E-state index contributed by atoms with van der Waals surface area (Å²) < 4.78 is 28.1. The highest BCUT2D eigenvalue weighted by Crippen LogP contribution is 2.27. The van der Waals surface area contributed by atoms with Crippen LogP contribution in [0.2, 0.25) is 0 Å². The normalized spacial score (nSPS) is 21.1. The van der Waals surface area contributed by atoms with Crippen LogP contribution in [0.25, 0.3) is 0 Å². The fraction of sp³-hybridized carbons (Fsp3) is 0.385. The number of nitrogens with one attached hydrogen (secondary N) is 1. The Morgan fingerprint density at radius 1 is 1.25 bits per heavy atom. The smallest absolute Gasteiger partial charge is 0.387 e. The minimum Gasteiger partial charge on any atom is -0.481 e. The van der Waals surface area contributed by atoms with E-state index in [9.17, 15) is 18.4 Å². The number of carboxylic acid groups (broad SMARTS) is 1. The van der Waals surface area contributed by atoms with Gasteiger partial charge in [0.05, 0.1) is 5.92 Å². The molecule has 0 aliphatic heterocycles. The minimum atomic E-state index is -2.90. The number of halogens is 2. The van der Waals surface area contributed by atoms with E-state index in [0.717, 1.165) is 0 Å². The van der Waals surface area contributed by atoms with Gasteiger partial charge in [0, 0.05) is 11.6 Å². The van der Waals surface area contributed by atoms with Crippen LogP contribution in [0.5, 0.6) is 5.75 Å². The van der Waals surface area contributed by atoms with Crippen molar-refractivity contribution in [3.8, 4) is 5.75 Å². The number of rotatable bonds is 5. The summed E-state index contributed by atoms with van der Waals surface area (Å²) in [5, 5.41) is 11.4. The number of ether oxygens (including phenoxy) is 1. The third-order valence-corrected chi connectivity index (χ3v) is 3.16. The molecule has 0 spiro atoms. The maximum atomic E-state index is 12.0. The molecule has 2 rings (SSSR count). The predicted octanol–water partition coefficient (Wildman–Crippen LogP) is 1.88. The number of hydrogen-bond donors (Lipinski definition) is 2. The summed E-state index contributed by atoms with van der Waals surface area (Å²) in [6.45, 7) is -2.90. The molecular formula is C13H13F2NO4. The highest BCUT2D eigenvalue weighted by molar-refractivity contribution is 5.94. The molecule has 0 aromatic heterocycles. The Morgan fingerprint density at radius 2 is 1.85 bits per heavy atom. The number of amides is 1. The molecule has 20 heavy (non-hydrogen) atoms. The molecule has 1 amide bonds. The zero-order valence-electron chi connectivity index (χ0n) is 10.4. The lowest BCUT2D eigenvalue weighted by molar-refractivity contribution is -0.145. The molecule has 0 unspecified atom stereocenters. The number of carboxylic acids is 1. The molecule has 1 aliphatic rings. The van der Waals surface area contributed by atoms with Gasteiger partial charge in [0.1, 0.15) is 5.75 Å². The molecule has 0 saturated heterocycles. The molecule has 0 atom stereocenters. The van der Waals surface area contributed by atoms with Crippen molar-refractivity contribution in [3.05, 3.63) is 29.8 Å². The molecule has 1 saturated carbocycles. The Hall–Kier alpha value is -2.18. The van der Waals surface area contributed by atoms with E-state index < -0.39 is 18.5 Å². The zero-order chi connectivity index (χ0) is 14.7. The molecule has 5 nitrogen and oxygen atoms in total. The number of aliphatic carboxylic acids is 1. The first-order chi connectivity index (χ1) is 9.45. The number of alkyl halides is 2. The first-order valence-corrected chi connectivity index (χ1v) is 6.04. The van der Waals surface area contributed by atoms with Crippen molar-refractivity contribution in [3.63, 3.8) is 0 Å². The van der Waals surface area contributed by atoms with E-state index >= 15 is 0 Å². The van der Waals surface area contributed by atoms with E-state index in [1.54, 1.807) is 0 Å². The second kappa shape index (κ2) is 5.85. The highest BCUT2D eigenvalue weighted by atomic mass is 19.3. The van der Waals surface area contributed by atoms with Gasteiger partial charge < -0.3 is 15.2 Å². The van der Waals surface area contributed by atoms with Crippen molar-refractivity contribution in [2.75, 3.05) is 0 Å². The van der Waals surface area contributed by atoms with Crippen LogP contribution in [0.15, 0.2) is 24.3 Å². The SMILES string of the molecule is O=C(NC1CC(C(=O)O)C1)c1ccc(OC(F)F)cc1. The molecule has 2 N–H and O–H groups in total. The van der Waals surface area contributed by atoms with Crippen LogP contribution in [-0.2, 0) is 4.79 Å². The molecule has 1 fully saturated rings. The number of hydrogen-bond acceptors (Lipinski definition) is 3. The standard InChI is InChI=1S/C13H13F2NO4/c14-13(15)20-10-3-1-7(2-4-10)11(17)16-9-5-8(6-9)12(18)19/h1-4,8-9,13H,5-6H2,(H,16,17)(H,18,19). The molecule has 1 aromatic carbocycles. The van der Waals surface area contributed by atoms with Crippen molar-refractivity contribution < 1.29 is 28.2 Å². The Balaban J connectivity index is 1.85. The summed E-state index contributed by atoms with van der Waals surface area (Å²) in [6.07, 6.45) is 0.821. The quantitative estimate of drug-likeness (QED) is 0.866.